The van der Waals surface area contributed by atoms with Crippen LogP contribution in [0.2, 0.25) is 0 Å². The van der Waals surface area contributed by atoms with Gasteiger partial charge in [-0.1, -0.05) is 12.1 Å². The van der Waals surface area contributed by atoms with Gasteiger partial charge in [0.05, 0.1) is 0 Å². The molecule has 0 radical (unpaired) electrons. The van der Waals surface area contributed by atoms with E-state index >= 15 is 0 Å². The second-order valence-electron chi connectivity index (χ2n) is 6.43. The highest BCUT2D eigenvalue weighted by Gasteiger charge is 2.21. The van der Waals surface area contributed by atoms with Gasteiger partial charge in [-0.3, -0.25) is 14.4 Å². The molecule has 3 rings (SSSR count). The summed E-state index contributed by atoms with van der Waals surface area (Å²) in [4.78, 5) is 41.2. The van der Waals surface area contributed by atoms with Crippen LogP contribution >= 0.6 is 0 Å². The van der Waals surface area contributed by atoms with E-state index < -0.39 is 11.5 Å². The van der Waals surface area contributed by atoms with Gasteiger partial charge in [0.1, 0.15) is 5.56 Å². The highest BCUT2D eigenvalue weighted by atomic mass is 16.2. The molecule has 6 nitrogen and oxygen atoms in total. The number of aryl methyl sites for hydroxylation is 1. The number of H-pyrrole nitrogens is 1. The summed E-state index contributed by atoms with van der Waals surface area (Å²) in [6.07, 6.45) is 1.85. The maximum atomic E-state index is 12.4. The number of Topliss-reactive ketones (excluding diaryl/α,β-unsaturated/α-hetero) is 1. The van der Waals surface area contributed by atoms with Crippen LogP contribution in [0.15, 0.2) is 35.1 Å². The molecule has 1 aromatic carbocycles. The summed E-state index contributed by atoms with van der Waals surface area (Å²) in [5.41, 5.74) is 2.60. The summed E-state index contributed by atoms with van der Waals surface area (Å²) in [6.45, 7) is 0.311. The molecule has 6 heteroatoms. The van der Waals surface area contributed by atoms with E-state index in [-0.39, 0.29) is 11.3 Å². The standard InChI is InChI=1S/C19H21N3O3/c1-22(2)13-6-3-5-12(9-13)11-20-18(24)15-10-14-16(21-19(15)25)7-4-8-17(14)23/h3,5-6,9-10H,4,7-8,11H2,1-2H3,(H,20,24)(H,21,25). The van der Waals surface area contributed by atoms with Gasteiger partial charge in [0.25, 0.3) is 11.5 Å². The number of carbonyl (C=O) groups excluding carboxylic acids is 2. The van der Waals surface area contributed by atoms with Crippen molar-refractivity contribution in [1.82, 2.24) is 10.3 Å². The minimum Gasteiger partial charge on any atom is -0.378 e. The smallest absolute Gasteiger partial charge is 0.261 e. The van der Waals surface area contributed by atoms with Gasteiger partial charge in [-0.05, 0) is 36.6 Å². The van der Waals surface area contributed by atoms with Crippen LogP contribution < -0.4 is 15.8 Å². The Labute approximate surface area is 145 Å². The highest BCUT2D eigenvalue weighted by molar-refractivity contribution is 6.01. The third-order valence-corrected chi connectivity index (χ3v) is 4.38. The van der Waals surface area contributed by atoms with Gasteiger partial charge in [0, 0.05) is 44.0 Å². The summed E-state index contributed by atoms with van der Waals surface area (Å²) < 4.78 is 0. The molecule has 0 saturated heterocycles. The van der Waals surface area contributed by atoms with Gasteiger partial charge in [-0.15, -0.1) is 0 Å². The Bertz CT molecular complexity index is 884. The Hall–Kier alpha value is -2.89. The van der Waals surface area contributed by atoms with Crippen molar-refractivity contribution in [3.63, 3.8) is 0 Å². The van der Waals surface area contributed by atoms with Gasteiger partial charge in [-0.2, -0.15) is 0 Å². The predicted octanol–water partition coefficient (Wildman–Crippen LogP) is 1.89. The third kappa shape index (κ3) is 3.63. The molecule has 0 fully saturated rings. The maximum Gasteiger partial charge on any atom is 0.261 e. The van der Waals surface area contributed by atoms with Crippen LogP contribution in [0.5, 0.6) is 0 Å². The maximum absolute atomic E-state index is 12.4. The molecule has 0 saturated carbocycles. The van der Waals surface area contributed by atoms with Crippen LogP contribution in [0.4, 0.5) is 5.69 Å². The number of aromatic amines is 1. The number of aromatic nitrogens is 1. The van der Waals surface area contributed by atoms with Gasteiger partial charge in [0.15, 0.2) is 5.78 Å². The van der Waals surface area contributed by atoms with Crippen molar-refractivity contribution >= 4 is 17.4 Å². The number of fused-ring (bicyclic) bond motifs is 1. The van der Waals surface area contributed by atoms with Crippen LogP contribution in [-0.4, -0.2) is 30.8 Å². The van der Waals surface area contributed by atoms with Crippen molar-refractivity contribution in [2.24, 2.45) is 0 Å². The van der Waals surface area contributed by atoms with E-state index in [1.54, 1.807) is 0 Å². The van der Waals surface area contributed by atoms with Gasteiger partial charge >= 0.3 is 0 Å². The Balaban J connectivity index is 1.78. The normalized spacial score (nSPS) is 13.3. The number of nitrogens with zero attached hydrogens (tertiary/aromatic N) is 1. The van der Waals surface area contributed by atoms with E-state index in [2.05, 4.69) is 10.3 Å². The van der Waals surface area contributed by atoms with Crippen molar-refractivity contribution in [3.8, 4) is 0 Å². The Morgan fingerprint density at radius 1 is 1.20 bits per heavy atom. The Morgan fingerprint density at radius 3 is 2.76 bits per heavy atom. The molecule has 1 aromatic heterocycles. The zero-order valence-electron chi connectivity index (χ0n) is 14.4. The topological polar surface area (TPSA) is 82.3 Å². The number of rotatable bonds is 4. The van der Waals surface area contributed by atoms with Gasteiger partial charge in [0.2, 0.25) is 0 Å². The van der Waals surface area contributed by atoms with Crippen LogP contribution in [0, 0.1) is 0 Å². The first kappa shape index (κ1) is 17.0. The average molecular weight is 339 g/mol. The van der Waals surface area contributed by atoms with Crippen molar-refractivity contribution in [3.05, 3.63) is 63.1 Å². The fraction of sp³-hybridized carbons (Fsp3) is 0.316. The molecule has 1 aliphatic carbocycles. The number of pyridine rings is 1. The fourth-order valence-corrected chi connectivity index (χ4v) is 2.97. The van der Waals surface area contributed by atoms with Crippen LogP contribution in [0.1, 0.15) is 44.8 Å². The first-order chi connectivity index (χ1) is 12.0. The second-order valence-corrected chi connectivity index (χ2v) is 6.43. The van der Waals surface area contributed by atoms with Crippen molar-refractivity contribution in [2.75, 3.05) is 19.0 Å². The zero-order valence-corrected chi connectivity index (χ0v) is 14.4. The summed E-state index contributed by atoms with van der Waals surface area (Å²) in [6, 6.07) is 9.21. The number of hydrogen-bond donors (Lipinski definition) is 2. The first-order valence-electron chi connectivity index (χ1n) is 8.29. The number of nitrogens with one attached hydrogen (secondary N) is 2. The lowest BCUT2D eigenvalue weighted by molar-refractivity contribution is 0.0949. The molecule has 1 heterocycles. The van der Waals surface area contributed by atoms with E-state index in [9.17, 15) is 14.4 Å². The molecule has 0 unspecified atom stereocenters. The second kappa shape index (κ2) is 6.93. The first-order valence-corrected chi connectivity index (χ1v) is 8.29. The lowest BCUT2D eigenvalue weighted by atomic mass is 9.93. The van der Waals surface area contributed by atoms with Crippen molar-refractivity contribution < 1.29 is 9.59 Å². The molecule has 0 aliphatic heterocycles. The summed E-state index contributed by atoms with van der Waals surface area (Å²) in [7, 11) is 3.89. The number of ketones is 1. The lowest BCUT2D eigenvalue weighted by Gasteiger charge is -2.15. The van der Waals surface area contributed by atoms with Gasteiger partial charge in [-0.25, -0.2) is 0 Å². The van der Waals surface area contributed by atoms with Crippen LogP contribution in [0.3, 0.4) is 0 Å². The van der Waals surface area contributed by atoms with Crippen LogP contribution in [-0.2, 0) is 13.0 Å². The van der Waals surface area contributed by atoms with E-state index in [1.165, 1.54) is 6.07 Å². The van der Waals surface area contributed by atoms with Gasteiger partial charge < -0.3 is 15.2 Å². The van der Waals surface area contributed by atoms with Crippen LogP contribution in [0.25, 0.3) is 0 Å². The van der Waals surface area contributed by atoms with E-state index in [0.717, 1.165) is 17.7 Å². The quantitative estimate of drug-likeness (QED) is 0.891. The minimum absolute atomic E-state index is 0.0160. The van der Waals surface area contributed by atoms with E-state index in [1.807, 2.05) is 43.3 Å². The molecule has 0 atom stereocenters. The Kier molecular flexibility index (Phi) is 4.70. The number of amides is 1. The molecule has 1 aliphatic rings. The predicted molar refractivity (Wildman–Crippen MR) is 96.3 cm³/mol. The zero-order chi connectivity index (χ0) is 18.0. The molecular formula is C19H21N3O3. The van der Waals surface area contributed by atoms with Crippen molar-refractivity contribution in [1.29, 1.82) is 0 Å². The summed E-state index contributed by atoms with van der Waals surface area (Å²) in [5.74, 6) is -0.497. The average Bonchev–Trinajstić information content (AvgIpc) is 2.59. The minimum atomic E-state index is -0.474. The van der Waals surface area contributed by atoms with Crippen molar-refractivity contribution in [2.45, 2.75) is 25.8 Å². The molecule has 0 spiro atoms. The molecule has 1 amide bonds. The van der Waals surface area contributed by atoms with E-state index in [0.29, 0.717) is 30.6 Å². The lowest BCUT2D eigenvalue weighted by Crippen LogP contribution is -2.31. The molecule has 130 valence electrons. The molecular weight excluding hydrogens is 318 g/mol. The molecule has 2 aromatic rings. The number of hydrogen-bond acceptors (Lipinski definition) is 4. The molecule has 0 bridgehead atoms. The highest BCUT2D eigenvalue weighted by Crippen LogP contribution is 2.19. The molecule has 25 heavy (non-hydrogen) atoms. The van der Waals surface area contributed by atoms with E-state index in [4.69, 9.17) is 0 Å². The fourth-order valence-electron chi connectivity index (χ4n) is 2.97. The molecule has 2 N–H and O–H groups in total. The summed E-state index contributed by atoms with van der Waals surface area (Å²) in [5, 5.41) is 2.76. The number of carbonyl (C=O) groups is 2. The number of anilines is 1. The third-order valence-electron chi connectivity index (χ3n) is 4.38. The SMILES string of the molecule is CN(C)c1cccc(CNC(=O)c2cc3c([nH]c2=O)CCCC3=O)c1. The summed E-state index contributed by atoms with van der Waals surface area (Å²) >= 11 is 0. The Morgan fingerprint density at radius 2 is 2.00 bits per heavy atom. The number of benzene rings is 1. The monoisotopic (exact) mass is 339 g/mol. The largest absolute Gasteiger partial charge is 0.378 e.